The van der Waals surface area contributed by atoms with Crippen LogP contribution in [-0.2, 0) is 4.79 Å². The Hall–Kier alpha value is -2.34. The highest BCUT2D eigenvalue weighted by Gasteiger charge is 2.25. The lowest BCUT2D eigenvalue weighted by Gasteiger charge is -2.24. The highest BCUT2D eigenvalue weighted by molar-refractivity contribution is 6.32. The summed E-state index contributed by atoms with van der Waals surface area (Å²) in [5, 5.41) is 13.8. The smallest absolute Gasteiger partial charge is 0.323 e. The van der Waals surface area contributed by atoms with Gasteiger partial charge in [0.2, 0.25) is 0 Å². The Balaban J connectivity index is 2.39. The third kappa shape index (κ3) is 3.71. The molecule has 2 rings (SSSR count). The monoisotopic (exact) mass is 335 g/mol. The summed E-state index contributed by atoms with van der Waals surface area (Å²) in [6.07, 6.45) is 1.70. The molecule has 0 spiro atoms. The van der Waals surface area contributed by atoms with Gasteiger partial charge in [-0.15, -0.1) is 0 Å². The molecule has 0 fully saturated rings. The number of halogens is 1. The minimum absolute atomic E-state index is 0.222. The summed E-state index contributed by atoms with van der Waals surface area (Å²) in [7, 11) is 0. The molecule has 1 aromatic carbocycles. The van der Waals surface area contributed by atoms with Gasteiger partial charge in [-0.1, -0.05) is 23.7 Å². The lowest BCUT2D eigenvalue weighted by molar-refractivity contribution is -0.138. The molecule has 0 aliphatic rings. The van der Waals surface area contributed by atoms with Gasteiger partial charge < -0.3 is 10.0 Å². The Morgan fingerprint density at radius 3 is 2.57 bits per heavy atom. The number of carboxylic acid groups (broad SMARTS) is 1. The van der Waals surface area contributed by atoms with Crippen LogP contribution in [0.2, 0.25) is 5.02 Å². The molecule has 2 aromatic rings. The van der Waals surface area contributed by atoms with Crippen molar-refractivity contribution in [3.05, 3.63) is 46.7 Å². The van der Waals surface area contributed by atoms with Crippen molar-refractivity contribution in [1.29, 1.82) is 0 Å². The molecule has 6 nitrogen and oxygen atoms in total. The van der Waals surface area contributed by atoms with Crippen molar-refractivity contribution < 1.29 is 14.7 Å². The molecule has 1 heterocycles. The highest BCUT2D eigenvalue weighted by atomic mass is 35.5. The number of aryl methyl sites for hydroxylation is 1. The van der Waals surface area contributed by atoms with Crippen molar-refractivity contribution in [2.75, 3.05) is 6.54 Å². The summed E-state index contributed by atoms with van der Waals surface area (Å²) < 4.78 is 1.53. The maximum Gasteiger partial charge on any atom is 0.323 e. The largest absolute Gasteiger partial charge is 0.480 e. The number of benzene rings is 1. The fraction of sp³-hybridized carbons (Fsp3) is 0.312. The lowest BCUT2D eigenvalue weighted by atomic mass is 10.2. The van der Waals surface area contributed by atoms with Gasteiger partial charge in [0, 0.05) is 17.8 Å². The van der Waals surface area contributed by atoms with E-state index in [2.05, 4.69) is 5.10 Å². The molecular formula is C16H18ClN3O3. The predicted molar refractivity (Wildman–Crippen MR) is 87.1 cm³/mol. The Labute approximate surface area is 139 Å². The molecule has 0 saturated heterocycles. The van der Waals surface area contributed by atoms with Crippen LogP contribution >= 0.6 is 11.6 Å². The number of carbonyl (C=O) groups is 2. The van der Waals surface area contributed by atoms with E-state index in [1.807, 2.05) is 12.1 Å². The third-order valence-corrected chi connectivity index (χ3v) is 3.71. The number of aliphatic carboxylic acids is 1. The summed E-state index contributed by atoms with van der Waals surface area (Å²) in [6, 6.07) is 6.91. The second-order valence-electron chi connectivity index (χ2n) is 5.48. The first-order chi connectivity index (χ1) is 10.8. The normalized spacial score (nSPS) is 10.8. The summed E-state index contributed by atoms with van der Waals surface area (Å²) >= 11 is 6.15. The molecule has 0 saturated carbocycles. The van der Waals surface area contributed by atoms with E-state index in [0.29, 0.717) is 16.3 Å². The Kier molecular flexibility index (Phi) is 5.05. The van der Waals surface area contributed by atoms with Gasteiger partial charge in [0.25, 0.3) is 5.91 Å². The van der Waals surface area contributed by atoms with E-state index >= 15 is 0 Å². The number of para-hydroxylation sites is 1. The number of hydrogen-bond donors (Lipinski definition) is 1. The van der Waals surface area contributed by atoms with Crippen LogP contribution in [0, 0.1) is 6.92 Å². The summed E-state index contributed by atoms with van der Waals surface area (Å²) in [4.78, 5) is 24.9. The number of rotatable bonds is 5. The van der Waals surface area contributed by atoms with E-state index in [0.717, 1.165) is 0 Å². The first-order valence-corrected chi connectivity index (χ1v) is 7.53. The zero-order chi connectivity index (χ0) is 17.1. The molecule has 0 bridgehead atoms. The van der Waals surface area contributed by atoms with Crippen molar-refractivity contribution in [3.8, 4) is 5.69 Å². The van der Waals surface area contributed by atoms with Crippen LogP contribution in [0.4, 0.5) is 0 Å². The van der Waals surface area contributed by atoms with Crippen LogP contribution in [0.15, 0.2) is 30.5 Å². The molecule has 0 unspecified atom stereocenters. The predicted octanol–water partition coefficient (Wildman–Crippen LogP) is 2.77. The zero-order valence-electron chi connectivity index (χ0n) is 13.2. The number of carboxylic acids is 1. The second-order valence-corrected chi connectivity index (χ2v) is 5.88. The van der Waals surface area contributed by atoms with Gasteiger partial charge >= 0.3 is 5.97 Å². The van der Waals surface area contributed by atoms with Crippen LogP contribution in [0.3, 0.4) is 0 Å². The first kappa shape index (κ1) is 17.0. The molecule has 23 heavy (non-hydrogen) atoms. The van der Waals surface area contributed by atoms with Gasteiger partial charge in [0.1, 0.15) is 6.54 Å². The van der Waals surface area contributed by atoms with E-state index in [1.165, 1.54) is 9.58 Å². The van der Waals surface area contributed by atoms with Crippen LogP contribution < -0.4 is 0 Å². The highest BCUT2D eigenvalue weighted by Crippen LogP contribution is 2.21. The van der Waals surface area contributed by atoms with E-state index in [-0.39, 0.29) is 18.3 Å². The molecule has 0 aliphatic heterocycles. The molecular weight excluding hydrogens is 318 g/mol. The maximum atomic E-state index is 12.6. The quantitative estimate of drug-likeness (QED) is 0.911. The molecule has 0 radical (unpaired) electrons. The van der Waals surface area contributed by atoms with Crippen LogP contribution in [0.1, 0.15) is 29.9 Å². The molecule has 0 aliphatic carbocycles. The summed E-state index contributed by atoms with van der Waals surface area (Å²) in [5.74, 6) is -1.47. The summed E-state index contributed by atoms with van der Waals surface area (Å²) in [6.45, 7) is 4.92. The van der Waals surface area contributed by atoms with Crippen LogP contribution in [-0.4, -0.2) is 44.3 Å². The fourth-order valence-electron chi connectivity index (χ4n) is 2.20. The average Bonchev–Trinajstić information content (AvgIpc) is 2.86. The molecule has 1 amide bonds. The van der Waals surface area contributed by atoms with Crippen molar-refractivity contribution >= 4 is 23.5 Å². The van der Waals surface area contributed by atoms with Gasteiger partial charge in [-0.2, -0.15) is 5.10 Å². The standard InChI is InChI=1S/C16H18ClN3O3/c1-10(2)19(9-14(21)22)16(23)15-11(3)8-20(18-15)13-7-5-4-6-12(13)17/h4-8,10H,9H2,1-3H3,(H,21,22). The average molecular weight is 336 g/mol. The van der Waals surface area contributed by atoms with Gasteiger partial charge in [0.05, 0.1) is 10.7 Å². The Morgan fingerprint density at radius 2 is 2.00 bits per heavy atom. The van der Waals surface area contributed by atoms with Crippen LogP contribution in [0.25, 0.3) is 5.69 Å². The van der Waals surface area contributed by atoms with Crippen molar-refractivity contribution in [2.24, 2.45) is 0 Å². The van der Waals surface area contributed by atoms with E-state index in [1.54, 1.807) is 39.1 Å². The minimum atomic E-state index is -1.06. The zero-order valence-corrected chi connectivity index (χ0v) is 13.9. The summed E-state index contributed by atoms with van der Waals surface area (Å²) in [5.41, 5.74) is 1.54. The van der Waals surface area contributed by atoms with E-state index < -0.39 is 11.9 Å². The Morgan fingerprint density at radius 1 is 1.35 bits per heavy atom. The molecule has 122 valence electrons. The van der Waals surface area contributed by atoms with Crippen molar-refractivity contribution in [2.45, 2.75) is 26.8 Å². The van der Waals surface area contributed by atoms with Crippen LogP contribution in [0.5, 0.6) is 0 Å². The van der Waals surface area contributed by atoms with Gasteiger partial charge in [-0.25, -0.2) is 4.68 Å². The Bertz CT molecular complexity index is 740. The number of nitrogens with zero attached hydrogens (tertiary/aromatic N) is 3. The maximum absolute atomic E-state index is 12.6. The van der Waals surface area contributed by atoms with Gasteiger partial charge in [0.15, 0.2) is 5.69 Å². The van der Waals surface area contributed by atoms with E-state index in [4.69, 9.17) is 16.7 Å². The van der Waals surface area contributed by atoms with Gasteiger partial charge in [-0.05, 0) is 32.9 Å². The number of hydrogen-bond acceptors (Lipinski definition) is 3. The third-order valence-electron chi connectivity index (χ3n) is 3.39. The minimum Gasteiger partial charge on any atom is -0.480 e. The molecule has 0 atom stereocenters. The molecule has 1 aromatic heterocycles. The second kappa shape index (κ2) is 6.83. The number of carbonyl (C=O) groups excluding carboxylic acids is 1. The molecule has 1 N–H and O–H groups in total. The number of aromatic nitrogens is 2. The van der Waals surface area contributed by atoms with Gasteiger partial charge in [-0.3, -0.25) is 9.59 Å². The van der Waals surface area contributed by atoms with Crippen molar-refractivity contribution in [3.63, 3.8) is 0 Å². The molecule has 7 heteroatoms. The fourth-order valence-corrected chi connectivity index (χ4v) is 2.43. The first-order valence-electron chi connectivity index (χ1n) is 7.15. The topological polar surface area (TPSA) is 75.4 Å². The lowest BCUT2D eigenvalue weighted by Crippen LogP contribution is -2.41. The SMILES string of the molecule is Cc1cn(-c2ccccc2Cl)nc1C(=O)N(CC(=O)O)C(C)C. The van der Waals surface area contributed by atoms with E-state index in [9.17, 15) is 9.59 Å². The number of amides is 1. The van der Waals surface area contributed by atoms with Crippen molar-refractivity contribution in [1.82, 2.24) is 14.7 Å².